The number of rotatable bonds is 3. The standard InChI is InChI=1S/C10H13ClN2O3S2/c1-6-7(9(11)17-13-6)5-18(14,15)8-4-10(2,3)16-12-8/h4,12H,5H2,1-3H3. The maximum Gasteiger partial charge on any atom is 0.199 e. The highest BCUT2D eigenvalue weighted by molar-refractivity contribution is 7.94. The van der Waals surface area contributed by atoms with Crippen molar-refractivity contribution in [3.05, 3.63) is 26.7 Å². The van der Waals surface area contributed by atoms with E-state index in [0.29, 0.717) is 15.6 Å². The molecule has 0 fully saturated rings. The molecular weight excluding hydrogens is 296 g/mol. The van der Waals surface area contributed by atoms with Crippen molar-refractivity contribution < 1.29 is 13.3 Å². The molecule has 5 nitrogen and oxygen atoms in total. The Morgan fingerprint density at radius 3 is 2.67 bits per heavy atom. The maximum atomic E-state index is 12.2. The topological polar surface area (TPSA) is 68.3 Å². The number of hydrogen-bond acceptors (Lipinski definition) is 6. The van der Waals surface area contributed by atoms with Gasteiger partial charge in [-0.1, -0.05) is 11.6 Å². The Morgan fingerprint density at radius 2 is 2.22 bits per heavy atom. The largest absolute Gasteiger partial charge is 0.265 e. The van der Waals surface area contributed by atoms with E-state index in [1.165, 1.54) is 0 Å². The second-order valence-electron chi connectivity index (χ2n) is 4.60. The molecule has 0 bridgehead atoms. The fourth-order valence-corrected chi connectivity index (χ4v) is 4.16. The van der Waals surface area contributed by atoms with Crippen LogP contribution in [0.2, 0.25) is 4.34 Å². The van der Waals surface area contributed by atoms with Crippen molar-refractivity contribution >= 4 is 33.0 Å². The molecule has 0 radical (unpaired) electrons. The van der Waals surface area contributed by atoms with Gasteiger partial charge in [0.05, 0.1) is 11.4 Å². The van der Waals surface area contributed by atoms with Crippen LogP contribution < -0.4 is 5.48 Å². The Morgan fingerprint density at radius 1 is 1.56 bits per heavy atom. The SMILES string of the molecule is Cc1nsc(Cl)c1CS(=O)(=O)C1=CC(C)(C)ON1. The van der Waals surface area contributed by atoms with Crippen LogP contribution in [0.4, 0.5) is 0 Å². The van der Waals surface area contributed by atoms with Crippen molar-refractivity contribution in [3.8, 4) is 0 Å². The van der Waals surface area contributed by atoms with Gasteiger partial charge in [-0.05, 0) is 38.4 Å². The predicted molar refractivity (Wildman–Crippen MR) is 70.9 cm³/mol. The molecule has 0 saturated heterocycles. The highest BCUT2D eigenvalue weighted by Gasteiger charge is 2.32. The molecule has 1 aromatic rings. The number of aryl methyl sites for hydroxylation is 1. The van der Waals surface area contributed by atoms with Gasteiger partial charge >= 0.3 is 0 Å². The first-order chi connectivity index (χ1) is 8.21. The van der Waals surface area contributed by atoms with E-state index in [1.807, 2.05) is 0 Å². The summed E-state index contributed by atoms with van der Waals surface area (Å²) in [6.45, 7) is 5.28. The van der Waals surface area contributed by atoms with Gasteiger partial charge in [0.2, 0.25) is 0 Å². The summed E-state index contributed by atoms with van der Waals surface area (Å²) in [5.74, 6) is -0.174. The lowest BCUT2D eigenvalue weighted by Crippen LogP contribution is -2.22. The summed E-state index contributed by atoms with van der Waals surface area (Å²) < 4.78 is 28.8. The van der Waals surface area contributed by atoms with E-state index in [2.05, 4.69) is 9.85 Å². The van der Waals surface area contributed by atoms with Crippen molar-refractivity contribution in [2.45, 2.75) is 32.1 Å². The fourth-order valence-electron chi connectivity index (χ4n) is 1.50. The van der Waals surface area contributed by atoms with Crippen LogP contribution in [0.5, 0.6) is 0 Å². The summed E-state index contributed by atoms with van der Waals surface area (Å²) >= 11 is 7.03. The van der Waals surface area contributed by atoms with E-state index in [9.17, 15) is 8.42 Å². The second kappa shape index (κ2) is 4.48. The Hall–Kier alpha value is -0.630. The molecule has 1 N–H and O–H groups in total. The number of hydroxylamine groups is 1. The van der Waals surface area contributed by atoms with E-state index in [-0.39, 0.29) is 10.8 Å². The smallest absolute Gasteiger partial charge is 0.199 e. The molecule has 0 aromatic carbocycles. The first-order valence-corrected chi connectivity index (χ1v) is 8.02. The normalized spacial score (nSPS) is 18.6. The zero-order valence-electron chi connectivity index (χ0n) is 10.2. The van der Waals surface area contributed by atoms with Crippen molar-refractivity contribution in [2.75, 3.05) is 0 Å². The zero-order valence-corrected chi connectivity index (χ0v) is 12.5. The molecule has 0 aliphatic carbocycles. The number of aromatic nitrogens is 1. The first kappa shape index (κ1) is 13.8. The number of hydrogen-bond donors (Lipinski definition) is 1. The minimum absolute atomic E-state index is 0.0779. The van der Waals surface area contributed by atoms with Crippen LogP contribution in [0.15, 0.2) is 11.1 Å². The molecular formula is C10H13ClN2O3S2. The van der Waals surface area contributed by atoms with Crippen LogP contribution in [-0.2, 0) is 20.4 Å². The maximum absolute atomic E-state index is 12.2. The third-order valence-electron chi connectivity index (χ3n) is 2.50. The van der Waals surface area contributed by atoms with Crippen molar-refractivity contribution in [3.63, 3.8) is 0 Å². The summed E-state index contributed by atoms with van der Waals surface area (Å²) in [6, 6.07) is 0. The first-order valence-electron chi connectivity index (χ1n) is 5.21. The van der Waals surface area contributed by atoms with Crippen molar-refractivity contribution in [1.29, 1.82) is 0 Å². The molecule has 100 valence electrons. The van der Waals surface area contributed by atoms with E-state index in [1.54, 1.807) is 26.8 Å². The van der Waals surface area contributed by atoms with E-state index < -0.39 is 15.4 Å². The third-order valence-corrected chi connectivity index (χ3v) is 5.25. The van der Waals surface area contributed by atoms with Gasteiger partial charge in [-0.3, -0.25) is 10.3 Å². The van der Waals surface area contributed by atoms with Crippen molar-refractivity contribution in [1.82, 2.24) is 9.85 Å². The highest BCUT2D eigenvalue weighted by atomic mass is 35.5. The monoisotopic (exact) mass is 308 g/mol. The molecule has 8 heteroatoms. The average molecular weight is 309 g/mol. The summed E-state index contributed by atoms with van der Waals surface area (Å²) in [5, 5.41) is 0.0779. The lowest BCUT2D eigenvalue weighted by Gasteiger charge is -2.11. The third kappa shape index (κ3) is 2.69. The number of nitrogens with one attached hydrogen (secondary N) is 1. The van der Waals surface area contributed by atoms with Gasteiger partial charge in [0.1, 0.15) is 9.94 Å². The molecule has 1 aliphatic rings. The molecule has 18 heavy (non-hydrogen) atoms. The highest BCUT2D eigenvalue weighted by Crippen LogP contribution is 2.29. The summed E-state index contributed by atoms with van der Waals surface area (Å²) in [6.07, 6.45) is 1.55. The van der Waals surface area contributed by atoms with Crippen LogP contribution in [0.3, 0.4) is 0 Å². The zero-order chi connectivity index (χ0) is 13.6. The molecule has 0 amide bonds. The lowest BCUT2D eigenvalue weighted by molar-refractivity contribution is -0.0129. The van der Waals surface area contributed by atoms with E-state index >= 15 is 0 Å². The molecule has 1 aliphatic heterocycles. The molecule has 0 unspecified atom stereocenters. The Kier molecular flexibility index (Phi) is 3.44. The van der Waals surface area contributed by atoms with Gasteiger partial charge < -0.3 is 0 Å². The summed E-state index contributed by atoms with van der Waals surface area (Å²) in [7, 11) is -3.49. The van der Waals surface area contributed by atoms with E-state index in [4.69, 9.17) is 16.4 Å². The number of sulfone groups is 1. The Bertz CT molecular complexity index is 585. The second-order valence-corrected chi connectivity index (χ2v) is 7.93. The van der Waals surface area contributed by atoms with Gasteiger partial charge in [0, 0.05) is 5.56 Å². The van der Waals surface area contributed by atoms with Crippen molar-refractivity contribution in [2.24, 2.45) is 0 Å². The molecule has 2 heterocycles. The number of nitrogens with zero attached hydrogens (tertiary/aromatic N) is 1. The lowest BCUT2D eigenvalue weighted by atomic mass is 10.1. The minimum atomic E-state index is -3.49. The van der Waals surface area contributed by atoms with Crippen LogP contribution >= 0.6 is 23.1 Å². The minimum Gasteiger partial charge on any atom is -0.265 e. The Labute approximate surface area is 115 Å². The van der Waals surface area contributed by atoms with Crippen LogP contribution in [0, 0.1) is 6.92 Å². The Balaban J connectivity index is 2.30. The van der Waals surface area contributed by atoms with Gasteiger partial charge in [-0.25, -0.2) is 8.42 Å². The molecule has 1 aromatic heterocycles. The molecule has 2 rings (SSSR count). The average Bonchev–Trinajstić information content (AvgIpc) is 2.75. The molecule has 0 spiro atoms. The van der Waals surface area contributed by atoms with Gasteiger partial charge in [0.15, 0.2) is 14.9 Å². The van der Waals surface area contributed by atoms with Crippen LogP contribution in [0.1, 0.15) is 25.1 Å². The predicted octanol–water partition coefficient (Wildman–Crippen LogP) is 2.17. The quantitative estimate of drug-likeness (QED) is 0.927. The van der Waals surface area contributed by atoms with Gasteiger partial charge in [0.25, 0.3) is 0 Å². The van der Waals surface area contributed by atoms with Gasteiger partial charge in [-0.2, -0.15) is 4.37 Å². The van der Waals surface area contributed by atoms with Crippen LogP contribution in [-0.4, -0.2) is 18.4 Å². The number of halogens is 1. The molecule has 0 atom stereocenters. The van der Waals surface area contributed by atoms with Gasteiger partial charge in [-0.15, -0.1) is 0 Å². The summed E-state index contributed by atoms with van der Waals surface area (Å²) in [5.41, 5.74) is 3.02. The van der Waals surface area contributed by atoms with E-state index in [0.717, 1.165) is 11.5 Å². The fraction of sp³-hybridized carbons (Fsp3) is 0.500. The summed E-state index contributed by atoms with van der Waals surface area (Å²) in [4.78, 5) is 5.15. The van der Waals surface area contributed by atoms with Crippen LogP contribution in [0.25, 0.3) is 0 Å². The molecule has 0 saturated carbocycles.